The van der Waals surface area contributed by atoms with Gasteiger partial charge in [-0.05, 0) is 35.7 Å². The third kappa shape index (κ3) is 2.52. The van der Waals surface area contributed by atoms with Crippen LogP contribution < -0.4 is 5.73 Å². The van der Waals surface area contributed by atoms with E-state index in [-0.39, 0.29) is 6.04 Å². The largest absolute Gasteiger partial charge is 0.324 e. The fourth-order valence-corrected chi connectivity index (χ4v) is 1.72. The second-order valence-corrected chi connectivity index (χ2v) is 4.10. The lowest BCUT2D eigenvalue weighted by Crippen LogP contribution is -2.04. The molecule has 0 saturated heterocycles. The number of hydrogen-bond acceptors (Lipinski definition) is 2. The van der Waals surface area contributed by atoms with Crippen molar-refractivity contribution in [2.45, 2.75) is 13.0 Å². The number of nitrogens with two attached hydrogens (primary N) is 1. The van der Waals surface area contributed by atoms with Gasteiger partial charge in [-0.2, -0.15) is 5.26 Å². The SMILES string of the molecule is CC(N)c1ccc(-c2ccc(C#N)cc2)cc1. The monoisotopic (exact) mass is 222 g/mol. The average molecular weight is 222 g/mol. The van der Waals surface area contributed by atoms with Crippen LogP contribution in [-0.2, 0) is 0 Å². The molecule has 2 aromatic rings. The highest BCUT2D eigenvalue weighted by molar-refractivity contribution is 5.64. The van der Waals surface area contributed by atoms with Crippen molar-refractivity contribution in [3.05, 3.63) is 59.7 Å². The minimum atomic E-state index is 0.0602. The Balaban J connectivity index is 2.30. The van der Waals surface area contributed by atoms with Gasteiger partial charge >= 0.3 is 0 Å². The third-order valence-electron chi connectivity index (χ3n) is 2.78. The topological polar surface area (TPSA) is 49.8 Å². The van der Waals surface area contributed by atoms with E-state index in [4.69, 9.17) is 11.0 Å². The summed E-state index contributed by atoms with van der Waals surface area (Å²) in [6.45, 7) is 1.97. The van der Waals surface area contributed by atoms with Crippen molar-refractivity contribution in [1.29, 1.82) is 5.26 Å². The molecule has 1 unspecified atom stereocenters. The van der Waals surface area contributed by atoms with Gasteiger partial charge in [0.2, 0.25) is 0 Å². The summed E-state index contributed by atoms with van der Waals surface area (Å²) in [5.74, 6) is 0. The van der Waals surface area contributed by atoms with E-state index in [0.717, 1.165) is 16.7 Å². The van der Waals surface area contributed by atoms with Crippen molar-refractivity contribution in [3.8, 4) is 17.2 Å². The molecule has 1 atom stereocenters. The zero-order valence-electron chi connectivity index (χ0n) is 9.72. The van der Waals surface area contributed by atoms with Crippen LogP contribution in [0.3, 0.4) is 0 Å². The molecule has 0 spiro atoms. The summed E-state index contributed by atoms with van der Waals surface area (Å²) in [5, 5.41) is 8.73. The maximum atomic E-state index is 8.73. The van der Waals surface area contributed by atoms with E-state index in [9.17, 15) is 0 Å². The molecule has 17 heavy (non-hydrogen) atoms. The van der Waals surface area contributed by atoms with E-state index in [1.54, 1.807) is 0 Å². The van der Waals surface area contributed by atoms with Crippen LogP contribution in [0.25, 0.3) is 11.1 Å². The van der Waals surface area contributed by atoms with Crippen molar-refractivity contribution in [2.75, 3.05) is 0 Å². The van der Waals surface area contributed by atoms with Gasteiger partial charge in [0.15, 0.2) is 0 Å². The van der Waals surface area contributed by atoms with Gasteiger partial charge in [0.25, 0.3) is 0 Å². The first-order valence-electron chi connectivity index (χ1n) is 5.57. The molecular weight excluding hydrogens is 208 g/mol. The van der Waals surface area contributed by atoms with E-state index >= 15 is 0 Å². The Morgan fingerprint density at radius 1 is 0.941 bits per heavy atom. The second-order valence-electron chi connectivity index (χ2n) is 4.10. The zero-order valence-corrected chi connectivity index (χ0v) is 9.72. The number of nitriles is 1. The number of rotatable bonds is 2. The predicted molar refractivity (Wildman–Crippen MR) is 69.2 cm³/mol. The first kappa shape index (κ1) is 11.4. The lowest BCUT2D eigenvalue weighted by molar-refractivity contribution is 0.818. The molecular formula is C15H14N2. The smallest absolute Gasteiger partial charge is 0.0991 e. The third-order valence-corrected chi connectivity index (χ3v) is 2.78. The van der Waals surface area contributed by atoms with Crippen molar-refractivity contribution >= 4 is 0 Å². The number of benzene rings is 2. The van der Waals surface area contributed by atoms with Crippen LogP contribution >= 0.6 is 0 Å². The van der Waals surface area contributed by atoms with E-state index in [1.165, 1.54) is 0 Å². The average Bonchev–Trinajstić information content (AvgIpc) is 2.39. The van der Waals surface area contributed by atoms with Gasteiger partial charge in [-0.25, -0.2) is 0 Å². The first-order valence-corrected chi connectivity index (χ1v) is 5.57. The molecule has 0 saturated carbocycles. The highest BCUT2D eigenvalue weighted by Crippen LogP contribution is 2.21. The molecule has 2 rings (SSSR count). The highest BCUT2D eigenvalue weighted by atomic mass is 14.6. The van der Waals surface area contributed by atoms with Crippen LogP contribution in [0.5, 0.6) is 0 Å². The minimum Gasteiger partial charge on any atom is -0.324 e. The van der Waals surface area contributed by atoms with E-state index in [2.05, 4.69) is 18.2 Å². The lowest BCUT2D eigenvalue weighted by atomic mass is 10.0. The number of hydrogen-bond donors (Lipinski definition) is 1. The molecule has 0 aliphatic rings. The van der Waals surface area contributed by atoms with Gasteiger partial charge in [0, 0.05) is 6.04 Å². The molecule has 0 aliphatic heterocycles. The fraction of sp³-hybridized carbons (Fsp3) is 0.133. The Kier molecular flexibility index (Phi) is 3.22. The Bertz CT molecular complexity index is 531. The summed E-state index contributed by atoms with van der Waals surface area (Å²) < 4.78 is 0. The molecule has 0 aromatic heterocycles. The molecule has 2 aromatic carbocycles. The molecule has 84 valence electrons. The Labute approximate surface area is 101 Å². The summed E-state index contributed by atoms with van der Waals surface area (Å²) in [6, 6.07) is 17.9. The molecule has 2 N–H and O–H groups in total. The Morgan fingerprint density at radius 2 is 1.41 bits per heavy atom. The molecule has 2 nitrogen and oxygen atoms in total. The van der Waals surface area contributed by atoms with Gasteiger partial charge in [-0.3, -0.25) is 0 Å². The van der Waals surface area contributed by atoms with Gasteiger partial charge in [-0.15, -0.1) is 0 Å². The van der Waals surface area contributed by atoms with Crippen LogP contribution in [0, 0.1) is 11.3 Å². The molecule has 0 bridgehead atoms. The zero-order chi connectivity index (χ0) is 12.3. The molecule has 2 heteroatoms. The molecule has 0 fully saturated rings. The van der Waals surface area contributed by atoms with Crippen molar-refractivity contribution in [1.82, 2.24) is 0 Å². The van der Waals surface area contributed by atoms with Gasteiger partial charge in [0.1, 0.15) is 0 Å². The van der Waals surface area contributed by atoms with Crippen molar-refractivity contribution < 1.29 is 0 Å². The van der Waals surface area contributed by atoms with Crippen LogP contribution in [0.1, 0.15) is 24.1 Å². The Hall–Kier alpha value is -2.11. The molecule has 0 heterocycles. The predicted octanol–water partition coefficient (Wildman–Crippen LogP) is 3.24. The molecule has 0 aliphatic carbocycles. The van der Waals surface area contributed by atoms with Crippen molar-refractivity contribution in [2.24, 2.45) is 5.73 Å². The fourth-order valence-electron chi connectivity index (χ4n) is 1.72. The lowest BCUT2D eigenvalue weighted by Gasteiger charge is -2.07. The standard InChI is InChI=1S/C15H14N2/c1-11(17)13-6-8-15(9-7-13)14-4-2-12(10-16)3-5-14/h2-9,11H,17H2,1H3. The quantitative estimate of drug-likeness (QED) is 0.848. The minimum absolute atomic E-state index is 0.0602. The summed E-state index contributed by atoms with van der Waals surface area (Å²) in [6.07, 6.45) is 0. The summed E-state index contributed by atoms with van der Waals surface area (Å²) in [5.41, 5.74) is 9.86. The van der Waals surface area contributed by atoms with E-state index in [0.29, 0.717) is 5.56 Å². The summed E-state index contributed by atoms with van der Waals surface area (Å²) in [7, 11) is 0. The first-order chi connectivity index (χ1) is 8.20. The maximum absolute atomic E-state index is 8.73. The van der Waals surface area contributed by atoms with Gasteiger partial charge in [0.05, 0.1) is 11.6 Å². The van der Waals surface area contributed by atoms with Gasteiger partial charge < -0.3 is 5.73 Å². The van der Waals surface area contributed by atoms with Crippen LogP contribution in [-0.4, -0.2) is 0 Å². The maximum Gasteiger partial charge on any atom is 0.0991 e. The van der Waals surface area contributed by atoms with Crippen LogP contribution in [0.4, 0.5) is 0 Å². The summed E-state index contributed by atoms with van der Waals surface area (Å²) >= 11 is 0. The van der Waals surface area contributed by atoms with Crippen molar-refractivity contribution in [3.63, 3.8) is 0 Å². The second kappa shape index (κ2) is 4.82. The normalized spacial score (nSPS) is 11.8. The van der Waals surface area contributed by atoms with Gasteiger partial charge in [-0.1, -0.05) is 36.4 Å². The van der Waals surface area contributed by atoms with E-state index < -0.39 is 0 Å². The molecule has 0 radical (unpaired) electrons. The van der Waals surface area contributed by atoms with Crippen LogP contribution in [0.15, 0.2) is 48.5 Å². The molecule has 0 amide bonds. The summed E-state index contributed by atoms with van der Waals surface area (Å²) in [4.78, 5) is 0. The Morgan fingerprint density at radius 3 is 1.82 bits per heavy atom. The van der Waals surface area contributed by atoms with Crippen LogP contribution in [0.2, 0.25) is 0 Å². The highest BCUT2D eigenvalue weighted by Gasteiger charge is 2.01. The number of nitrogens with zero attached hydrogens (tertiary/aromatic N) is 1. The van der Waals surface area contributed by atoms with E-state index in [1.807, 2.05) is 43.3 Å².